The van der Waals surface area contributed by atoms with Gasteiger partial charge in [0.15, 0.2) is 0 Å². The lowest BCUT2D eigenvalue weighted by molar-refractivity contribution is -0.132. The third-order valence-corrected chi connectivity index (χ3v) is 5.54. The number of thioether (sulfide) groups is 1. The van der Waals surface area contributed by atoms with E-state index in [0.29, 0.717) is 32.1 Å². The average Bonchev–Trinajstić information content (AvgIpc) is 2.79. The number of carbonyl (C=O) groups excluding carboxylic acids is 1. The highest BCUT2D eigenvalue weighted by Gasteiger charge is 2.17. The molecule has 1 aliphatic rings. The first-order valence-electron chi connectivity index (χ1n) is 9.27. The van der Waals surface area contributed by atoms with Crippen LogP contribution >= 0.6 is 11.8 Å². The van der Waals surface area contributed by atoms with Crippen LogP contribution in [0.4, 0.5) is 0 Å². The van der Waals surface area contributed by atoms with Crippen molar-refractivity contribution in [1.29, 1.82) is 0 Å². The third kappa shape index (κ3) is 4.58. The molecule has 0 N–H and O–H groups in total. The van der Waals surface area contributed by atoms with E-state index >= 15 is 0 Å². The molecular weight excluding hydrogens is 370 g/mol. The number of amides is 1. The number of hydrogen-bond donors (Lipinski definition) is 0. The van der Waals surface area contributed by atoms with Gasteiger partial charge >= 0.3 is 0 Å². The first-order chi connectivity index (χ1) is 13.8. The van der Waals surface area contributed by atoms with Crippen LogP contribution in [0.5, 0.6) is 0 Å². The Morgan fingerprint density at radius 3 is 2.21 bits per heavy atom. The molecule has 1 amide bonds. The van der Waals surface area contributed by atoms with E-state index in [1.165, 1.54) is 22.9 Å². The molecule has 142 valence electrons. The highest BCUT2D eigenvalue weighted by Crippen LogP contribution is 2.24. The molecule has 0 atom stereocenters. The van der Waals surface area contributed by atoms with E-state index in [1.807, 2.05) is 35.2 Å². The normalized spacial score (nSPS) is 14.1. The first-order valence-corrected chi connectivity index (χ1v) is 10.3. The summed E-state index contributed by atoms with van der Waals surface area (Å²) in [7, 11) is 0. The Balaban J connectivity index is 1.37. The van der Waals surface area contributed by atoms with Gasteiger partial charge in [-0.1, -0.05) is 66.4 Å². The zero-order chi connectivity index (χ0) is 19.2. The summed E-state index contributed by atoms with van der Waals surface area (Å²) >= 11 is 1.42. The maximum Gasteiger partial charge on any atom is 0.233 e. The number of benzene rings is 2. The molecule has 0 saturated carbocycles. The molecule has 4 rings (SSSR count). The van der Waals surface area contributed by atoms with Gasteiger partial charge in [0, 0.05) is 18.7 Å². The highest BCUT2D eigenvalue weighted by atomic mass is 32.2. The number of morpholine rings is 1. The fourth-order valence-electron chi connectivity index (χ4n) is 3.05. The Kier molecular flexibility index (Phi) is 5.99. The molecule has 0 spiro atoms. The molecule has 1 saturated heterocycles. The Labute approximate surface area is 168 Å². The number of rotatable bonds is 5. The lowest BCUT2D eigenvalue weighted by Crippen LogP contribution is -2.41. The van der Waals surface area contributed by atoms with Gasteiger partial charge in [-0.3, -0.25) is 4.79 Å². The number of ether oxygens (including phenoxy) is 1. The van der Waals surface area contributed by atoms with Crippen LogP contribution in [0.1, 0.15) is 0 Å². The summed E-state index contributed by atoms with van der Waals surface area (Å²) in [6.07, 6.45) is 0. The van der Waals surface area contributed by atoms with Crippen molar-refractivity contribution in [2.45, 2.75) is 5.03 Å². The Bertz CT molecular complexity index is 909. The second kappa shape index (κ2) is 8.99. The third-order valence-electron chi connectivity index (χ3n) is 4.64. The molecule has 0 radical (unpaired) electrons. The van der Waals surface area contributed by atoms with E-state index in [1.54, 1.807) is 0 Å². The molecule has 5 nitrogen and oxygen atoms in total. The zero-order valence-electron chi connectivity index (χ0n) is 15.5. The van der Waals surface area contributed by atoms with Crippen molar-refractivity contribution in [2.75, 3.05) is 32.1 Å². The molecule has 1 aliphatic heterocycles. The predicted molar refractivity (Wildman–Crippen MR) is 111 cm³/mol. The van der Waals surface area contributed by atoms with Crippen molar-refractivity contribution in [3.63, 3.8) is 0 Å². The fourth-order valence-corrected chi connectivity index (χ4v) is 3.77. The van der Waals surface area contributed by atoms with E-state index in [4.69, 9.17) is 4.74 Å². The smallest absolute Gasteiger partial charge is 0.233 e. The van der Waals surface area contributed by atoms with E-state index < -0.39 is 0 Å². The molecule has 3 aromatic rings. The molecule has 2 heterocycles. The SMILES string of the molecule is O=C(CSc1ccc(-c2ccc(-c3ccccc3)cc2)nn1)N1CCOCC1. The molecule has 28 heavy (non-hydrogen) atoms. The van der Waals surface area contributed by atoms with Crippen LogP contribution in [0, 0.1) is 0 Å². The van der Waals surface area contributed by atoms with Gasteiger partial charge in [0.05, 0.1) is 24.7 Å². The maximum atomic E-state index is 12.2. The second-order valence-corrected chi connectivity index (χ2v) is 7.48. The lowest BCUT2D eigenvalue weighted by atomic mass is 10.0. The summed E-state index contributed by atoms with van der Waals surface area (Å²) in [5, 5.41) is 9.35. The molecule has 2 aromatic carbocycles. The number of aromatic nitrogens is 2. The first kappa shape index (κ1) is 18.7. The summed E-state index contributed by atoms with van der Waals surface area (Å²) in [5.74, 6) is 0.496. The van der Waals surface area contributed by atoms with Crippen LogP contribution in [-0.4, -0.2) is 53.1 Å². The topological polar surface area (TPSA) is 55.3 Å². The molecule has 0 aliphatic carbocycles. The largest absolute Gasteiger partial charge is 0.378 e. The molecular formula is C22H21N3O2S. The minimum absolute atomic E-state index is 0.121. The number of nitrogens with zero attached hydrogens (tertiary/aromatic N) is 3. The van der Waals surface area contributed by atoms with Gasteiger partial charge in [0.25, 0.3) is 0 Å². The Morgan fingerprint density at radius 1 is 0.857 bits per heavy atom. The summed E-state index contributed by atoms with van der Waals surface area (Å²) in [6, 6.07) is 22.5. The van der Waals surface area contributed by atoms with Crippen LogP contribution in [0.3, 0.4) is 0 Å². The van der Waals surface area contributed by atoms with E-state index in [9.17, 15) is 4.79 Å². The standard InChI is InChI=1S/C22H21N3O2S/c26-22(25-12-14-27-15-13-25)16-28-21-11-10-20(23-24-21)19-8-6-18(7-9-19)17-4-2-1-3-5-17/h1-11H,12-16H2. The van der Waals surface area contributed by atoms with Crippen molar-refractivity contribution < 1.29 is 9.53 Å². The summed E-state index contributed by atoms with van der Waals surface area (Å²) in [5.41, 5.74) is 4.21. The quantitative estimate of drug-likeness (QED) is 0.620. The summed E-state index contributed by atoms with van der Waals surface area (Å²) in [6.45, 7) is 2.58. The van der Waals surface area contributed by atoms with E-state index in [-0.39, 0.29) is 5.91 Å². The van der Waals surface area contributed by atoms with Crippen molar-refractivity contribution in [1.82, 2.24) is 15.1 Å². The van der Waals surface area contributed by atoms with Gasteiger partial charge in [0.2, 0.25) is 5.91 Å². The molecule has 0 unspecified atom stereocenters. The minimum Gasteiger partial charge on any atom is -0.378 e. The van der Waals surface area contributed by atoms with Crippen molar-refractivity contribution in [3.8, 4) is 22.4 Å². The monoisotopic (exact) mass is 391 g/mol. The van der Waals surface area contributed by atoms with Crippen LogP contribution in [0.2, 0.25) is 0 Å². The number of hydrogen-bond acceptors (Lipinski definition) is 5. The van der Waals surface area contributed by atoms with Gasteiger partial charge in [-0.05, 0) is 23.3 Å². The van der Waals surface area contributed by atoms with Crippen molar-refractivity contribution in [3.05, 3.63) is 66.7 Å². The Morgan fingerprint density at radius 2 is 1.54 bits per heavy atom. The molecule has 1 fully saturated rings. The fraction of sp³-hybridized carbons (Fsp3) is 0.227. The van der Waals surface area contributed by atoms with Gasteiger partial charge < -0.3 is 9.64 Å². The van der Waals surface area contributed by atoms with E-state index in [2.05, 4.69) is 46.6 Å². The summed E-state index contributed by atoms with van der Waals surface area (Å²) < 4.78 is 5.28. The second-order valence-electron chi connectivity index (χ2n) is 6.48. The zero-order valence-corrected chi connectivity index (χ0v) is 16.3. The minimum atomic E-state index is 0.121. The highest BCUT2D eigenvalue weighted by molar-refractivity contribution is 7.99. The van der Waals surface area contributed by atoms with E-state index in [0.717, 1.165) is 16.3 Å². The Hall–Kier alpha value is -2.70. The van der Waals surface area contributed by atoms with Gasteiger partial charge in [-0.15, -0.1) is 10.2 Å². The molecule has 1 aromatic heterocycles. The lowest BCUT2D eigenvalue weighted by Gasteiger charge is -2.26. The predicted octanol–water partition coefficient (Wildman–Crippen LogP) is 3.76. The van der Waals surface area contributed by atoms with Gasteiger partial charge in [-0.2, -0.15) is 0 Å². The van der Waals surface area contributed by atoms with Crippen LogP contribution in [0.25, 0.3) is 22.4 Å². The van der Waals surface area contributed by atoms with Crippen molar-refractivity contribution in [2.24, 2.45) is 0 Å². The van der Waals surface area contributed by atoms with Crippen LogP contribution < -0.4 is 0 Å². The van der Waals surface area contributed by atoms with Gasteiger partial charge in [-0.25, -0.2) is 0 Å². The average molecular weight is 391 g/mol. The van der Waals surface area contributed by atoms with Gasteiger partial charge in [0.1, 0.15) is 5.03 Å². The van der Waals surface area contributed by atoms with Crippen molar-refractivity contribution >= 4 is 17.7 Å². The maximum absolute atomic E-state index is 12.2. The number of carbonyl (C=O) groups is 1. The molecule has 0 bridgehead atoms. The molecule has 6 heteroatoms. The van der Waals surface area contributed by atoms with Crippen LogP contribution in [-0.2, 0) is 9.53 Å². The van der Waals surface area contributed by atoms with Crippen LogP contribution in [0.15, 0.2) is 71.8 Å². The summed E-state index contributed by atoms with van der Waals surface area (Å²) in [4.78, 5) is 14.0.